The molecule has 0 saturated carbocycles. The van der Waals surface area contributed by atoms with E-state index in [0.29, 0.717) is 5.56 Å². The van der Waals surface area contributed by atoms with Crippen molar-refractivity contribution in [3.8, 4) is 11.1 Å². The number of halogens is 2. The van der Waals surface area contributed by atoms with Gasteiger partial charge in [0.2, 0.25) is 0 Å². The zero-order chi connectivity index (χ0) is 19.7. The van der Waals surface area contributed by atoms with Gasteiger partial charge in [0.25, 0.3) is 0 Å². The molecule has 0 heterocycles. The smallest absolute Gasteiger partial charge is 0.185 e. The van der Waals surface area contributed by atoms with E-state index in [1.54, 1.807) is 13.1 Å². The Morgan fingerprint density at radius 2 is 1.92 bits per heavy atom. The molecule has 2 N–H and O–H groups in total. The molecule has 0 aromatic heterocycles. The minimum atomic E-state index is -0.516. The molecule has 0 amide bonds. The first-order chi connectivity index (χ1) is 12.5. The van der Waals surface area contributed by atoms with Gasteiger partial charge < -0.3 is 10.4 Å². The van der Waals surface area contributed by atoms with E-state index in [9.17, 15) is 8.78 Å². The van der Waals surface area contributed by atoms with Gasteiger partial charge in [-0.15, -0.1) is 9.24 Å². The van der Waals surface area contributed by atoms with Crippen LogP contribution in [0.3, 0.4) is 0 Å². The highest BCUT2D eigenvalue weighted by Gasteiger charge is 2.11. The summed E-state index contributed by atoms with van der Waals surface area (Å²) in [6.45, 7) is 3.32. The number of aliphatic imine (C=N–C) groups is 1. The number of hydrogen-bond acceptors (Lipinski definition) is 3. The van der Waals surface area contributed by atoms with Gasteiger partial charge in [-0.3, -0.25) is 0 Å². The van der Waals surface area contributed by atoms with Crippen LogP contribution in [0.25, 0.3) is 23.4 Å². The van der Waals surface area contributed by atoms with Crippen molar-refractivity contribution in [2.45, 2.75) is 20.3 Å². The molecule has 0 aliphatic rings. The lowest BCUT2D eigenvalue weighted by Gasteiger charge is -2.12. The third-order valence-electron chi connectivity index (χ3n) is 3.65. The highest BCUT2D eigenvalue weighted by molar-refractivity contribution is 7.28. The van der Waals surface area contributed by atoms with Crippen molar-refractivity contribution < 1.29 is 13.9 Å². The lowest BCUT2D eigenvalue weighted by atomic mass is 10.0. The molecule has 140 valence electrons. The quantitative estimate of drug-likeness (QED) is 0.635. The molecule has 0 bridgehead atoms. The van der Waals surface area contributed by atoms with Gasteiger partial charge in [0.15, 0.2) is 5.97 Å². The Hall–Kier alpha value is -2.10. The van der Waals surface area contributed by atoms with Gasteiger partial charge in [0.05, 0.1) is 0 Å². The average Bonchev–Trinajstić information content (AvgIpc) is 2.63. The average molecular weight is 378 g/mol. The zero-order valence-electron chi connectivity index (χ0n) is 15.5. The second-order valence-electron chi connectivity index (χ2n) is 5.34. The minimum absolute atomic E-state index is 0.303. The summed E-state index contributed by atoms with van der Waals surface area (Å²) in [6, 6.07) is 8.75. The maximum atomic E-state index is 14.4. The molecule has 0 aliphatic carbocycles. The first kappa shape index (κ1) is 21.9. The number of hydrogen-bond donors (Lipinski definition) is 2. The molecule has 2 aromatic carbocycles. The Kier molecular flexibility index (Phi) is 9.11. The summed E-state index contributed by atoms with van der Waals surface area (Å²) in [6.07, 6.45) is 4.35. The number of rotatable bonds is 4. The van der Waals surface area contributed by atoms with Gasteiger partial charge in [-0.05, 0) is 35.4 Å². The van der Waals surface area contributed by atoms with Crippen LogP contribution >= 0.6 is 9.24 Å². The SMILES string of the molecule is CC/C=c1\ccc(-c2c(F)ccc(NC)c2P)c\c1=C\N=C(C)F.CO. The molecule has 1 atom stereocenters. The first-order valence-corrected chi connectivity index (χ1v) is 8.76. The van der Waals surface area contributed by atoms with Gasteiger partial charge in [-0.2, -0.15) is 4.39 Å². The summed E-state index contributed by atoms with van der Waals surface area (Å²) in [5.41, 5.74) is 2.06. The second-order valence-corrected chi connectivity index (χ2v) is 5.92. The van der Waals surface area contributed by atoms with Crippen LogP contribution in [-0.4, -0.2) is 25.2 Å². The fourth-order valence-corrected chi connectivity index (χ4v) is 3.06. The van der Waals surface area contributed by atoms with E-state index in [-0.39, 0.29) is 5.82 Å². The number of nitrogens with zero attached hydrogens (tertiary/aromatic N) is 1. The second kappa shape index (κ2) is 10.8. The van der Waals surface area contributed by atoms with Gasteiger partial charge in [-0.1, -0.05) is 25.1 Å². The lowest BCUT2D eigenvalue weighted by Crippen LogP contribution is -2.24. The molecule has 0 spiro atoms. The highest BCUT2D eigenvalue weighted by atomic mass is 31.0. The Labute approximate surface area is 155 Å². The summed E-state index contributed by atoms with van der Waals surface area (Å²) >= 11 is 0. The normalized spacial score (nSPS) is 12.7. The molecular formula is C20H25F2N2OP. The van der Waals surface area contributed by atoms with Crippen LogP contribution in [0.1, 0.15) is 20.3 Å². The maximum Gasteiger partial charge on any atom is 0.185 e. The fourth-order valence-electron chi connectivity index (χ4n) is 2.51. The van der Waals surface area contributed by atoms with Crippen molar-refractivity contribution in [3.05, 3.63) is 46.6 Å². The number of aliphatic hydroxyl groups is 1. The Morgan fingerprint density at radius 3 is 2.50 bits per heavy atom. The van der Waals surface area contributed by atoms with Crippen LogP contribution in [0.15, 0.2) is 35.3 Å². The van der Waals surface area contributed by atoms with Crippen LogP contribution in [0.2, 0.25) is 0 Å². The number of nitrogens with one attached hydrogen (secondary N) is 1. The summed E-state index contributed by atoms with van der Waals surface area (Å²) < 4.78 is 27.4. The Balaban J connectivity index is 0.00000163. The van der Waals surface area contributed by atoms with Crippen molar-refractivity contribution in [1.82, 2.24) is 0 Å². The van der Waals surface area contributed by atoms with E-state index in [4.69, 9.17) is 5.11 Å². The molecule has 2 aromatic rings. The monoisotopic (exact) mass is 378 g/mol. The molecule has 0 aliphatic heterocycles. The van der Waals surface area contributed by atoms with E-state index in [0.717, 1.165) is 40.5 Å². The van der Waals surface area contributed by atoms with E-state index >= 15 is 0 Å². The fraction of sp³-hybridized carbons (Fsp3) is 0.250. The van der Waals surface area contributed by atoms with Crippen LogP contribution in [0, 0.1) is 5.82 Å². The number of anilines is 1. The highest BCUT2D eigenvalue weighted by Crippen LogP contribution is 2.24. The van der Waals surface area contributed by atoms with Gasteiger partial charge in [0.1, 0.15) is 5.82 Å². The van der Waals surface area contributed by atoms with Gasteiger partial charge in [0, 0.05) is 49.1 Å². The molecule has 0 radical (unpaired) electrons. The molecule has 6 heteroatoms. The third-order valence-corrected chi connectivity index (χ3v) is 4.24. The van der Waals surface area contributed by atoms with E-state index in [1.165, 1.54) is 19.2 Å². The first-order valence-electron chi connectivity index (χ1n) is 8.19. The van der Waals surface area contributed by atoms with Crippen molar-refractivity contribution in [2.75, 3.05) is 19.5 Å². The van der Waals surface area contributed by atoms with Gasteiger partial charge >= 0.3 is 0 Å². The Morgan fingerprint density at radius 1 is 1.23 bits per heavy atom. The number of benzene rings is 2. The van der Waals surface area contributed by atoms with Crippen LogP contribution in [0.5, 0.6) is 0 Å². The summed E-state index contributed by atoms with van der Waals surface area (Å²) in [5, 5.41) is 12.5. The van der Waals surface area contributed by atoms with Gasteiger partial charge in [-0.25, -0.2) is 9.38 Å². The molecule has 26 heavy (non-hydrogen) atoms. The van der Waals surface area contributed by atoms with Crippen LogP contribution in [-0.2, 0) is 0 Å². The van der Waals surface area contributed by atoms with Crippen LogP contribution < -0.4 is 21.1 Å². The van der Waals surface area contributed by atoms with E-state index < -0.39 is 5.97 Å². The lowest BCUT2D eigenvalue weighted by molar-refractivity contribution is 0.399. The topological polar surface area (TPSA) is 44.6 Å². The van der Waals surface area contributed by atoms with E-state index in [1.807, 2.05) is 31.2 Å². The Bertz CT molecular complexity index is 891. The van der Waals surface area contributed by atoms with Crippen molar-refractivity contribution >= 4 is 38.5 Å². The number of aliphatic hydroxyl groups excluding tert-OH is 1. The van der Waals surface area contributed by atoms with Crippen molar-refractivity contribution in [2.24, 2.45) is 4.99 Å². The maximum absolute atomic E-state index is 14.4. The van der Waals surface area contributed by atoms with E-state index in [2.05, 4.69) is 19.5 Å². The summed E-state index contributed by atoms with van der Waals surface area (Å²) in [7, 11) is 5.37. The van der Waals surface area contributed by atoms with Crippen LogP contribution in [0.4, 0.5) is 14.5 Å². The molecular weight excluding hydrogens is 353 g/mol. The van der Waals surface area contributed by atoms with Crippen molar-refractivity contribution in [3.63, 3.8) is 0 Å². The largest absolute Gasteiger partial charge is 0.400 e. The minimum Gasteiger partial charge on any atom is -0.400 e. The zero-order valence-corrected chi connectivity index (χ0v) is 16.6. The summed E-state index contributed by atoms with van der Waals surface area (Å²) in [5.74, 6) is -0.819. The molecule has 0 fully saturated rings. The predicted molar refractivity (Wildman–Crippen MR) is 112 cm³/mol. The third kappa shape index (κ3) is 5.45. The molecule has 3 nitrogen and oxygen atoms in total. The molecule has 0 saturated heterocycles. The standard InChI is InChI=1S/C19H21F2N2P.CH4O/c1-4-5-13-6-7-14(10-15(13)11-23-12(2)20)18-16(21)8-9-17(22-3)19(18)24;1-2/h5-11,22H,4,24H2,1-3H3;2H,1H3/b13-5+,15-11-,23-12?;. The summed E-state index contributed by atoms with van der Waals surface area (Å²) in [4.78, 5) is 3.74. The molecule has 2 rings (SSSR count). The molecule has 1 unspecified atom stereocenters. The van der Waals surface area contributed by atoms with Crippen molar-refractivity contribution in [1.29, 1.82) is 0 Å². The predicted octanol–water partition coefficient (Wildman–Crippen LogP) is 2.96.